The Kier molecular flexibility index (Phi) is 4.39. The molecule has 3 aromatic rings. The third-order valence-electron chi connectivity index (χ3n) is 3.78. The first kappa shape index (κ1) is 14.9. The summed E-state index contributed by atoms with van der Waals surface area (Å²) in [4.78, 5) is 4.47. The molecule has 0 unspecified atom stereocenters. The Morgan fingerprint density at radius 2 is 1.91 bits per heavy atom. The maximum atomic E-state index is 8.87. The first-order valence-corrected chi connectivity index (χ1v) is 7.41. The number of nitriles is 1. The van der Waals surface area contributed by atoms with Crippen LogP contribution in [0.25, 0.3) is 0 Å². The molecule has 0 aliphatic carbocycles. The Morgan fingerprint density at radius 3 is 2.65 bits per heavy atom. The van der Waals surface area contributed by atoms with Gasteiger partial charge < -0.3 is 9.30 Å². The van der Waals surface area contributed by atoms with Crippen LogP contribution < -0.4 is 4.74 Å². The average Bonchev–Trinajstić information content (AvgIpc) is 3.03. The minimum Gasteiger partial charge on any atom is -0.496 e. The summed E-state index contributed by atoms with van der Waals surface area (Å²) in [6, 6.07) is 17.8. The molecule has 1 aromatic heterocycles. The summed E-state index contributed by atoms with van der Waals surface area (Å²) in [6.07, 6.45) is 4.50. The van der Waals surface area contributed by atoms with Gasteiger partial charge in [-0.25, -0.2) is 4.98 Å². The van der Waals surface area contributed by atoms with Crippen molar-refractivity contribution in [3.63, 3.8) is 0 Å². The molecule has 0 aliphatic rings. The number of nitrogens with zero attached hydrogens (tertiary/aromatic N) is 3. The molecular formula is C19H17N3O. The van der Waals surface area contributed by atoms with Crippen LogP contribution in [0.1, 0.15) is 22.5 Å². The van der Waals surface area contributed by atoms with Crippen LogP contribution in [0.4, 0.5) is 0 Å². The predicted octanol–water partition coefficient (Wildman–Crippen LogP) is 3.40. The Labute approximate surface area is 135 Å². The number of benzene rings is 2. The van der Waals surface area contributed by atoms with Crippen LogP contribution in [0.5, 0.6) is 5.75 Å². The number of rotatable bonds is 5. The number of ether oxygens (including phenoxy) is 1. The SMILES string of the molecule is COc1ccccc1Cc1nccn1Cc1ccc(C#N)cc1. The van der Waals surface area contributed by atoms with E-state index in [4.69, 9.17) is 10.00 Å². The van der Waals surface area contributed by atoms with Crippen LogP contribution in [0, 0.1) is 11.3 Å². The van der Waals surface area contributed by atoms with Crippen LogP contribution in [0.2, 0.25) is 0 Å². The van der Waals surface area contributed by atoms with Gasteiger partial charge in [0.05, 0.1) is 18.7 Å². The fourth-order valence-corrected chi connectivity index (χ4v) is 2.55. The second kappa shape index (κ2) is 6.80. The number of hydrogen-bond acceptors (Lipinski definition) is 3. The molecule has 0 saturated heterocycles. The zero-order chi connectivity index (χ0) is 16.1. The quantitative estimate of drug-likeness (QED) is 0.726. The first-order valence-electron chi connectivity index (χ1n) is 7.41. The summed E-state index contributed by atoms with van der Waals surface area (Å²) < 4.78 is 7.53. The smallest absolute Gasteiger partial charge is 0.122 e. The van der Waals surface area contributed by atoms with Gasteiger partial charge in [0.25, 0.3) is 0 Å². The maximum absolute atomic E-state index is 8.87. The van der Waals surface area contributed by atoms with Gasteiger partial charge in [-0.15, -0.1) is 0 Å². The van der Waals surface area contributed by atoms with Gasteiger partial charge in [0.2, 0.25) is 0 Å². The maximum Gasteiger partial charge on any atom is 0.122 e. The highest BCUT2D eigenvalue weighted by atomic mass is 16.5. The van der Waals surface area contributed by atoms with E-state index in [0.717, 1.165) is 29.2 Å². The van der Waals surface area contributed by atoms with E-state index in [1.807, 2.05) is 54.9 Å². The fourth-order valence-electron chi connectivity index (χ4n) is 2.55. The second-order valence-corrected chi connectivity index (χ2v) is 5.27. The molecule has 4 heteroatoms. The monoisotopic (exact) mass is 303 g/mol. The van der Waals surface area contributed by atoms with Crippen molar-refractivity contribution in [2.45, 2.75) is 13.0 Å². The number of methoxy groups -OCH3 is 1. The molecule has 4 nitrogen and oxygen atoms in total. The zero-order valence-corrected chi connectivity index (χ0v) is 12.9. The molecule has 114 valence electrons. The summed E-state index contributed by atoms with van der Waals surface area (Å²) in [6.45, 7) is 0.732. The van der Waals surface area contributed by atoms with E-state index < -0.39 is 0 Å². The third-order valence-corrected chi connectivity index (χ3v) is 3.78. The van der Waals surface area contributed by atoms with Crippen molar-refractivity contribution in [3.05, 3.63) is 83.4 Å². The molecular weight excluding hydrogens is 286 g/mol. The molecule has 0 atom stereocenters. The van der Waals surface area contributed by atoms with Crippen molar-refractivity contribution >= 4 is 0 Å². The van der Waals surface area contributed by atoms with E-state index in [2.05, 4.69) is 21.7 Å². The largest absolute Gasteiger partial charge is 0.496 e. The Hall–Kier alpha value is -3.06. The normalized spacial score (nSPS) is 10.3. The van der Waals surface area contributed by atoms with Crippen molar-refractivity contribution in [1.82, 2.24) is 9.55 Å². The molecule has 0 saturated carbocycles. The molecule has 0 amide bonds. The lowest BCUT2D eigenvalue weighted by atomic mass is 10.1. The van der Waals surface area contributed by atoms with Gasteiger partial charge in [-0.1, -0.05) is 30.3 Å². The summed E-state index contributed by atoms with van der Waals surface area (Å²) in [5.74, 6) is 1.86. The van der Waals surface area contributed by atoms with Crippen molar-refractivity contribution in [1.29, 1.82) is 5.26 Å². The van der Waals surface area contributed by atoms with E-state index in [1.165, 1.54) is 0 Å². The van der Waals surface area contributed by atoms with E-state index in [9.17, 15) is 0 Å². The predicted molar refractivity (Wildman–Crippen MR) is 88.3 cm³/mol. The van der Waals surface area contributed by atoms with Crippen LogP contribution >= 0.6 is 0 Å². The van der Waals surface area contributed by atoms with Gasteiger partial charge in [0, 0.05) is 30.9 Å². The lowest BCUT2D eigenvalue weighted by Gasteiger charge is -2.11. The standard InChI is InChI=1S/C19H17N3O/c1-23-18-5-3-2-4-17(18)12-19-21-10-11-22(19)14-16-8-6-15(13-20)7-9-16/h2-11H,12,14H2,1H3. The summed E-state index contributed by atoms with van der Waals surface area (Å²) in [5, 5.41) is 8.87. The highest BCUT2D eigenvalue weighted by molar-refractivity contribution is 5.36. The van der Waals surface area contributed by atoms with Crippen molar-refractivity contribution in [2.24, 2.45) is 0 Å². The van der Waals surface area contributed by atoms with E-state index in [1.54, 1.807) is 7.11 Å². The molecule has 0 N–H and O–H groups in total. The number of para-hydroxylation sites is 1. The van der Waals surface area contributed by atoms with Gasteiger partial charge in [-0.2, -0.15) is 5.26 Å². The van der Waals surface area contributed by atoms with Gasteiger partial charge in [0.15, 0.2) is 0 Å². The minimum atomic E-state index is 0.675. The molecule has 0 radical (unpaired) electrons. The van der Waals surface area contributed by atoms with Crippen molar-refractivity contribution < 1.29 is 4.74 Å². The molecule has 0 spiro atoms. The lowest BCUT2D eigenvalue weighted by molar-refractivity contribution is 0.410. The number of aromatic nitrogens is 2. The molecule has 1 heterocycles. The molecule has 2 aromatic carbocycles. The fraction of sp³-hybridized carbons (Fsp3) is 0.158. The molecule has 23 heavy (non-hydrogen) atoms. The van der Waals surface area contributed by atoms with Gasteiger partial charge in [-0.3, -0.25) is 0 Å². The number of imidazole rings is 1. The second-order valence-electron chi connectivity index (χ2n) is 5.27. The van der Waals surface area contributed by atoms with Gasteiger partial charge in [0.1, 0.15) is 11.6 Å². The lowest BCUT2D eigenvalue weighted by Crippen LogP contribution is -2.06. The van der Waals surface area contributed by atoms with Crippen molar-refractivity contribution in [2.75, 3.05) is 7.11 Å². The summed E-state index contributed by atoms with van der Waals surface area (Å²) >= 11 is 0. The van der Waals surface area contributed by atoms with Gasteiger partial charge in [-0.05, 0) is 23.8 Å². The van der Waals surface area contributed by atoms with E-state index in [-0.39, 0.29) is 0 Å². The Morgan fingerprint density at radius 1 is 1.13 bits per heavy atom. The van der Waals surface area contributed by atoms with Crippen LogP contribution in [-0.2, 0) is 13.0 Å². The summed E-state index contributed by atoms with van der Waals surface area (Å²) in [5.41, 5.74) is 2.93. The average molecular weight is 303 g/mol. The van der Waals surface area contributed by atoms with E-state index in [0.29, 0.717) is 12.0 Å². The molecule has 0 fully saturated rings. The van der Waals surface area contributed by atoms with Crippen LogP contribution in [-0.4, -0.2) is 16.7 Å². The molecule has 0 aliphatic heterocycles. The minimum absolute atomic E-state index is 0.675. The topological polar surface area (TPSA) is 50.8 Å². The van der Waals surface area contributed by atoms with Crippen molar-refractivity contribution in [3.8, 4) is 11.8 Å². The molecule has 0 bridgehead atoms. The Bertz CT molecular complexity index is 828. The zero-order valence-electron chi connectivity index (χ0n) is 12.9. The highest BCUT2D eigenvalue weighted by Crippen LogP contribution is 2.20. The highest BCUT2D eigenvalue weighted by Gasteiger charge is 2.08. The van der Waals surface area contributed by atoms with Crippen LogP contribution in [0.15, 0.2) is 60.9 Å². The Balaban J connectivity index is 1.80. The summed E-state index contributed by atoms with van der Waals surface area (Å²) in [7, 11) is 1.68. The third kappa shape index (κ3) is 3.41. The number of hydrogen-bond donors (Lipinski definition) is 0. The van der Waals surface area contributed by atoms with Crippen LogP contribution in [0.3, 0.4) is 0 Å². The van der Waals surface area contributed by atoms with Gasteiger partial charge >= 0.3 is 0 Å². The molecule has 3 rings (SSSR count). The van der Waals surface area contributed by atoms with E-state index >= 15 is 0 Å². The first-order chi connectivity index (χ1) is 11.3.